The summed E-state index contributed by atoms with van der Waals surface area (Å²) in [4.78, 5) is 22.1. The second-order valence-electron chi connectivity index (χ2n) is 5.69. The van der Waals surface area contributed by atoms with Crippen LogP contribution in [0.25, 0.3) is 0 Å². The first kappa shape index (κ1) is 16.4. The molecular formula is C15H18N4O4S. The van der Waals surface area contributed by atoms with Gasteiger partial charge in [0.25, 0.3) is 5.91 Å². The van der Waals surface area contributed by atoms with Crippen molar-refractivity contribution in [3.63, 3.8) is 0 Å². The molecule has 9 heteroatoms. The van der Waals surface area contributed by atoms with E-state index in [0.29, 0.717) is 18.8 Å². The van der Waals surface area contributed by atoms with Gasteiger partial charge in [-0.3, -0.25) is 4.79 Å². The van der Waals surface area contributed by atoms with Crippen molar-refractivity contribution in [3.05, 3.63) is 42.2 Å². The SMILES string of the molecule is CN(C(=O)c1cnc(NCc2ccco2)cn1)C1CCS(=O)(=O)C1. The number of furan rings is 1. The molecule has 1 amide bonds. The number of aromatic nitrogens is 2. The van der Waals surface area contributed by atoms with Crippen molar-refractivity contribution >= 4 is 21.6 Å². The summed E-state index contributed by atoms with van der Waals surface area (Å²) in [5, 5.41) is 3.04. The number of hydrogen-bond donors (Lipinski definition) is 1. The van der Waals surface area contributed by atoms with Gasteiger partial charge in [0.2, 0.25) is 0 Å². The van der Waals surface area contributed by atoms with E-state index in [1.165, 1.54) is 17.3 Å². The molecule has 1 aliphatic rings. The summed E-state index contributed by atoms with van der Waals surface area (Å²) in [5.41, 5.74) is 0.186. The molecule has 1 fully saturated rings. The fourth-order valence-corrected chi connectivity index (χ4v) is 4.32. The first-order valence-corrected chi connectivity index (χ1v) is 9.32. The second kappa shape index (κ2) is 6.60. The van der Waals surface area contributed by atoms with Crippen molar-refractivity contribution in [1.29, 1.82) is 0 Å². The minimum absolute atomic E-state index is 0.00541. The fourth-order valence-electron chi connectivity index (χ4n) is 2.55. The lowest BCUT2D eigenvalue weighted by Crippen LogP contribution is -2.38. The average Bonchev–Trinajstić information content (AvgIpc) is 3.21. The zero-order chi connectivity index (χ0) is 17.2. The molecule has 2 aromatic rings. The molecule has 0 aliphatic carbocycles. The molecule has 0 spiro atoms. The number of nitrogens with zero attached hydrogens (tertiary/aromatic N) is 3. The van der Waals surface area contributed by atoms with Gasteiger partial charge in [0.1, 0.15) is 17.3 Å². The fraction of sp³-hybridized carbons (Fsp3) is 0.400. The third kappa shape index (κ3) is 3.73. The number of anilines is 1. The standard InChI is InChI=1S/C15H18N4O4S/c1-19(11-4-6-24(21,22)10-11)15(20)13-8-18-14(9-16-13)17-7-12-3-2-5-23-12/h2-3,5,8-9,11H,4,6-7,10H2,1H3,(H,17,18). The Morgan fingerprint density at radius 1 is 1.42 bits per heavy atom. The second-order valence-corrected chi connectivity index (χ2v) is 7.92. The van der Waals surface area contributed by atoms with E-state index in [2.05, 4.69) is 15.3 Å². The highest BCUT2D eigenvalue weighted by Gasteiger charge is 2.33. The minimum atomic E-state index is -3.04. The van der Waals surface area contributed by atoms with Crippen LogP contribution in [0.4, 0.5) is 5.82 Å². The van der Waals surface area contributed by atoms with E-state index >= 15 is 0 Å². The van der Waals surface area contributed by atoms with Crippen LogP contribution < -0.4 is 5.32 Å². The van der Waals surface area contributed by atoms with E-state index in [1.807, 2.05) is 6.07 Å². The molecule has 0 aromatic carbocycles. The Hall–Kier alpha value is -2.42. The van der Waals surface area contributed by atoms with E-state index < -0.39 is 9.84 Å². The number of rotatable bonds is 5. The maximum Gasteiger partial charge on any atom is 0.274 e. The molecule has 24 heavy (non-hydrogen) atoms. The topological polar surface area (TPSA) is 105 Å². The molecule has 1 aliphatic heterocycles. The van der Waals surface area contributed by atoms with Crippen molar-refractivity contribution in [1.82, 2.24) is 14.9 Å². The van der Waals surface area contributed by atoms with Gasteiger partial charge in [-0.1, -0.05) is 0 Å². The summed E-state index contributed by atoms with van der Waals surface area (Å²) >= 11 is 0. The lowest BCUT2D eigenvalue weighted by atomic mass is 10.2. The molecular weight excluding hydrogens is 332 g/mol. The number of nitrogens with one attached hydrogen (secondary N) is 1. The van der Waals surface area contributed by atoms with E-state index in [1.54, 1.807) is 19.4 Å². The number of amides is 1. The molecule has 1 N–H and O–H groups in total. The Balaban J connectivity index is 1.61. The zero-order valence-corrected chi connectivity index (χ0v) is 14.0. The lowest BCUT2D eigenvalue weighted by Gasteiger charge is -2.22. The number of hydrogen-bond acceptors (Lipinski definition) is 7. The largest absolute Gasteiger partial charge is 0.467 e. The maximum atomic E-state index is 12.4. The number of sulfone groups is 1. The Kier molecular flexibility index (Phi) is 4.52. The van der Waals surface area contributed by atoms with Crippen LogP contribution in [0.5, 0.6) is 0 Å². The molecule has 1 atom stereocenters. The van der Waals surface area contributed by atoms with E-state index in [4.69, 9.17) is 4.42 Å². The monoisotopic (exact) mass is 350 g/mol. The molecule has 0 saturated carbocycles. The summed E-state index contributed by atoms with van der Waals surface area (Å²) in [7, 11) is -1.44. The normalized spacial score (nSPS) is 19.1. The van der Waals surface area contributed by atoms with Crippen LogP contribution in [0, 0.1) is 0 Å². The van der Waals surface area contributed by atoms with Crippen LogP contribution in [0.3, 0.4) is 0 Å². The average molecular weight is 350 g/mol. The molecule has 3 heterocycles. The van der Waals surface area contributed by atoms with Gasteiger partial charge in [0.05, 0.1) is 36.7 Å². The highest BCUT2D eigenvalue weighted by molar-refractivity contribution is 7.91. The summed E-state index contributed by atoms with van der Waals surface area (Å²) in [6.45, 7) is 0.467. The summed E-state index contributed by atoms with van der Waals surface area (Å²) < 4.78 is 28.3. The van der Waals surface area contributed by atoms with Gasteiger partial charge >= 0.3 is 0 Å². The van der Waals surface area contributed by atoms with E-state index in [-0.39, 0.29) is 29.1 Å². The quantitative estimate of drug-likeness (QED) is 0.855. The molecule has 0 bridgehead atoms. The summed E-state index contributed by atoms with van der Waals surface area (Å²) in [5.74, 6) is 1.08. The third-order valence-corrected chi connectivity index (χ3v) is 5.72. The van der Waals surface area contributed by atoms with Crippen LogP contribution in [-0.4, -0.2) is 53.8 Å². The van der Waals surface area contributed by atoms with Crippen LogP contribution >= 0.6 is 0 Å². The minimum Gasteiger partial charge on any atom is -0.467 e. The molecule has 0 radical (unpaired) electrons. The highest BCUT2D eigenvalue weighted by atomic mass is 32.2. The molecule has 2 aromatic heterocycles. The maximum absolute atomic E-state index is 12.4. The Morgan fingerprint density at radius 3 is 2.83 bits per heavy atom. The zero-order valence-electron chi connectivity index (χ0n) is 13.2. The van der Waals surface area contributed by atoms with Crippen LogP contribution in [0.2, 0.25) is 0 Å². The van der Waals surface area contributed by atoms with Crippen molar-refractivity contribution in [2.24, 2.45) is 0 Å². The number of carbonyl (C=O) groups is 1. The smallest absolute Gasteiger partial charge is 0.274 e. The first-order valence-electron chi connectivity index (χ1n) is 7.50. The highest BCUT2D eigenvalue weighted by Crippen LogP contribution is 2.18. The van der Waals surface area contributed by atoms with Gasteiger partial charge < -0.3 is 14.6 Å². The van der Waals surface area contributed by atoms with Gasteiger partial charge in [0, 0.05) is 13.1 Å². The lowest BCUT2D eigenvalue weighted by molar-refractivity contribution is 0.0741. The summed E-state index contributed by atoms with van der Waals surface area (Å²) in [6.07, 6.45) is 4.90. The van der Waals surface area contributed by atoms with E-state index in [0.717, 1.165) is 5.76 Å². The molecule has 128 valence electrons. The Labute approximate surface area is 139 Å². The first-order chi connectivity index (χ1) is 11.4. The third-order valence-electron chi connectivity index (χ3n) is 3.97. The van der Waals surface area contributed by atoms with Gasteiger partial charge in [-0.15, -0.1) is 0 Å². The van der Waals surface area contributed by atoms with E-state index in [9.17, 15) is 13.2 Å². The predicted molar refractivity (Wildman–Crippen MR) is 87.2 cm³/mol. The van der Waals surface area contributed by atoms with Crippen LogP contribution in [0.1, 0.15) is 22.7 Å². The van der Waals surface area contributed by atoms with Gasteiger partial charge in [0.15, 0.2) is 9.84 Å². The molecule has 3 rings (SSSR count). The molecule has 8 nitrogen and oxygen atoms in total. The van der Waals surface area contributed by atoms with Crippen molar-refractivity contribution < 1.29 is 17.6 Å². The molecule has 1 unspecified atom stereocenters. The van der Waals surface area contributed by atoms with Crippen molar-refractivity contribution in [2.75, 3.05) is 23.9 Å². The van der Waals surface area contributed by atoms with Crippen molar-refractivity contribution in [2.45, 2.75) is 19.0 Å². The van der Waals surface area contributed by atoms with Gasteiger partial charge in [-0.25, -0.2) is 18.4 Å². The number of carbonyl (C=O) groups excluding carboxylic acids is 1. The van der Waals surface area contributed by atoms with Crippen molar-refractivity contribution in [3.8, 4) is 0 Å². The molecule has 1 saturated heterocycles. The Morgan fingerprint density at radius 2 is 2.25 bits per heavy atom. The van der Waals surface area contributed by atoms with Crippen LogP contribution in [0.15, 0.2) is 35.2 Å². The van der Waals surface area contributed by atoms with Gasteiger partial charge in [-0.05, 0) is 18.6 Å². The van der Waals surface area contributed by atoms with Gasteiger partial charge in [-0.2, -0.15) is 0 Å². The predicted octanol–water partition coefficient (Wildman–Crippen LogP) is 0.941. The van der Waals surface area contributed by atoms with Crippen LogP contribution in [-0.2, 0) is 16.4 Å². The Bertz CT molecular complexity index is 803. The summed E-state index contributed by atoms with van der Waals surface area (Å²) in [6, 6.07) is 3.33.